The average molecular weight is 293 g/mol. The maximum atomic E-state index is 5.38. The number of hydrogen-bond acceptors (Lipinski definition) is 2. The number of hydrogen-bond donors (Lipinski definition) is 0. The molecule has 2 heterocycles. The summed E-state index contributed by atoms with van der Waals surface area (Å²) < 4.78 is 12.8. The van der Waals surface area contributed by atoms with Crippen molar-refractivity contribution in [2.45, 2.75) is 6.29 Å². The third-order valence-corrected chi connectivity index (χ3v) is 1.96. The highest BCUT2D eigenvalue weighted by Gasteiger charge is 2.25. The van der Waals surface area contributed by atoms with E-state index in [1.807, 2.05) is 36.0 Å². The van der Waals surface area contributed by atoms with E-state index in [0.717, 1.165) is 5.69 Å². The summed E-state index contributed by atoms with van der Waals surface area (Å²) in [6.07, 6.45) is 1.82. The molecule has 1 saturated heterocycles. The van der Waals surface area contributed by atoms with Gasteiger partial charge in [0.15, 0.2) is 6.20 Å². The zero-order valence-corrected chi connectivity index (χ0v) is 9.60. The second-order valence-electron chi connectivity index (χ2n) is 2.81. The van der Waals surface area contributed by atoms with Crippen molar-refractivity contribution in [3.63, 3.8) is 0 Å². The lowest BCUT2D eigenvalue weighted by atomic mass is 10.3. The monoisotopic (exact) mass is 293 g/mol. The van der Waals surface area contributed by atoms with Crippen molar-refractivity contribution in [2.75, 3.05) is 13.2 Å². The first-order valence-corrected chi connectivity index (χ1v) is 4.06. The minimum Gasteiger partial charge on any atom is -1.00 e. The van der Waals surface area contributed by atoms with E-state index in [0.29, 0.717) is 13.2 Å². The molecule has 0 unspecified atom stereocenters. The molecule has 0 aromatic carbocycles. The van der Waals surface area contributed by atoms with Crippen LogP contribution in [-0.4, -0.2) is 13.2 Å². The van der Waals surface area contributed by atoms with Gasteiger partial charge in [-0.3, -0.25) is 0 Å². The number of pyridine rings is 1. The van der Waals surface area contributed by atoms with E-state index in [4.69, 9.17) is 9.47 Å². The lowest BCUT2D eigenvalue weighted by Crippen LogP contribution is -3.00. The molecule has 1 aromatic heterocycles. The van der Waals surface area contributed by atoms with Crippen molar-refractivity contribution < 1.29 is 38.0 Å². The third-order valence-electron chi connectivity index (χ3n) is 1.96. The van der Waals surface area contributed by atoms with Gasteiger partial charge >= 0.3 is 0 Å². The molecule has 1 aromatic rings. The van der Waals surface area contributed by atoms with Crippen LogP contribution >= 0.6 is 0 Å². The minimum absolute atomic E-state index is 0. The molecule has 72 valence electrons. The second-order valence-corrected chi connectivity index (χ2v) is 2.81. The fourth-order valence-electron chi connectivity index (χ4n) is 1.31. The molecule has 0 amide bonds. The molecule has 0 spiro atoms. The van der Waals surface area contributed by atoms with Gasteiger partial charge in [0.05, 0.1) is 13.2 Å². The SMILES string of the molecule is C[n+]1ccccc1C1OCCO1.[I-]. The van der Waals surface area contributed by atoms with Crippen LogP contribution in [0.2, 0.25) is 0 Å². The summed E-state index contributed by atoms with van der Waals surface area (Å²) in [6, 6.07) is 5.98. The molecule has 0 aliphatic carbocycles. The van der Waals surface area contributed by atoms with Gasteiger partial charge in [0.1, 0.15) is 7.05 Å². The van der Waals surface area contributed by atoms with Crippen LogP contribution in [-0.2, 0) is 16.5 Å². The predicted molar refractivity (Wildman–Crippen MR) is 42.3 cm³/mol. The summed E-state index contributed by atoms with van der Waals surface area (Å²) in [6.45, 7) is 1.39. The predicted octanol–water partition coefficient (Wildman–Crippen LogP) is -2.44. The summed E-state index contributed by atoms with van der Waals surface area (Å²) in [7, 11) is 1.99. The van der Waals surface area contributed by atoms with Crippen molar-refractivity contribution in [3.05, 3.63) is 30.1 Å². The molecule has 3 nitrogen and oxygen atoms in total. The van der Waals surface area contributed by atoms with Crippen LogP contribution in [0.15, 0.2) is 24.4 Å². The highest BCUT2D eigenvalue weighted by atomic mass is 127. The third kappa shape index (κ3) is 2.38. The Bertz CT molecular complexity index is 274. The first kappa shape index (κ1) is 10.9. The largest absolute Gasteiger partial charge is 1.00 e. The van der Waals surface area contributed by atoms with Crippen LogP contribution in [0, 0.1) is 0 Å². The summed E-state index contributed by atoms with van der Waals surface area (Å²) >= 11 is 0. The van der Waals surface area contributed by atoms with Crippen LogP contribution in [0.5, 0.6) is 0 Å². The van der Waals surface area contributed by atoms with Gasteiger partial charge in [0.25, 0.3) is 0 Å². The van der Waals surface area contributed by atoms with Crippen LogP contribution in [0.4, 0.5) is 0 Å². The Kier molecular flexibility index (Phi) is 4.08. The van der Waals surface area contributed by atoms with Crippen LogP contribution < -0.4 is 28.5 Å². The minimum atomic E-state index is -0.170. The first-order valence-electron chi connectivity index (χ1n) is 4.06. The molecule has 13 heavy (non-hydrogen) atoms. The fourth-order valence-corrected chi connectivity index (χ4v) is 1.31. The van der Waals surface area contributed by atoms with Crippen molar-refractivity contribution in [3.8, 4) is 0 Å². The van der Waals surface area contributed by atoms with Gasteiger partial charge in [-0.25, -0.2) is 4.57 Å². The Morgan fingerprint density at radius 1 is 1.31 bits per heavy atom. The Balaban J connectivity index is 0.000000845. The molecule has 4 heteroatoms. The lowest BCUT2D eigenvalue weighted by Gasteiger charge is -2.05. The van der Waals surface area contributed by atoms with Crippen molar-refractivity contribution in [1.29, 1.82) is 0 Å². The van der Waals surface area contributed by atoms with Gasteiger partial charge in [-0.15, -0.1) is 0 Å². The zero-order valence-electron chi connectivity index (χ0n) is 7.44. The zero-order chi connectivity index (χ0) is 8.39. The number of halogens is 1. The number of ether oxygens (including phenoxy) is 2. The molecule has 0 radical (unpaired) electrons. The molecule has 1 fully saturated rings. The molecule has 0 saturated carbocycles. The maximum Gasteiger partial charge on any atom is 0.245 e. The van der Waals surface area contributed by atoms with E-state index < -0.39 is 0 Å². The normalized spacial score (nSPS) is 17.0. The van der Waals surface area contributed by atoms with E-state index in [1.165, 1.54) is 0 Å². The standard InChI is InChI=1S/C9H12NO2.HI/c1-10-5-3-2-4-8(10)9-11-6-7-12-9;/h2-5,9H,6-7H2,1H3;1H/q+1;/p-1. The Morgan fingerprint density at radius 2 is 2.00 bits per heavy atom. The Hall–Kier alpha value is -0.200. The van der Waals surface area contributed by atoms with Gasteiger partial charge in [-0.2, -0.15) is 0 Å². The van der Waals surface area contributed by atoms with Gasteiger partial charge in [0, 0.05) is 12.1 Å². The molecule has 2 rings (SSSR count). The van der Waals surface area contributed by atoms with Gasteiger partial charge in [-0.1, -0.05) is 0 Å². The lowest BCUT2D eigenvalue weighted by molar-refractivity contribution is -0.685. The topological polar surface area (TPSA) is 22.3 Å². The number of nitrogens with zero attached hydrogens (tertiary/aromatic N) is 1. The molecule has 0 atom stereocenters. The number of rotatable bonds is 1. The highest BCUT2D eigenvalue weighted by molar-refractivity contribution is 4.99. The molecular weight excluding hydrogens is 281 g/mol. The van der Waals surface area contributed by atoms with E-state index in [9.17, 15) is 0 Å². The fraction of sp³-hybridized carbons (Fsp3) is 0.444. The van der Waals surface area contributed by atoms with Gasteiger partial charge < -0.3 is 33.5 Å². The van der Waals surface area contributed by atoms with Gasteiger partial charge in [-0.05, 0) is 6.07 Å². The van der Waals surface area contributed by atoms with E-state index in [-0.39, 0.29) is 30.3 Å². The molecule has 1 aliphatic heterocycles. The molecular formula is C9H12INO2. The molecule has 0 bridgehead atoms. The highest BCUT2D eigenvalue weighted by Crippen LogP contribution is 2.19. The maximum absolute atomic E-state index is 5.38. The van der Waals surface area contributed by atoms with E-state index >= 15 is 0 Å². The van der Waals surface area contributed by atoms with Crippen molar-refractivity contribution in [2.24, 2.45) is 7.05 Å². The second kappa shape index (κ2) is 4.88. The molecule has 1 aliphatic rings. The van der Waals surface area contributed by atoms with Crippen LogP contribution in [0.25, 0.3) is 0 Å². The quantitative estimate of drug-likeness (QED) is 0.424. The van der Waals surface area contributed by atoms with Crippen molar-refractivity contribution >= 4 is 0 Å². The van der Waals surface area contributed by atoms with Crippen molar-refractivity contribution in [1.82, 2.24) is 0 Å². The smallest absolute Gasteiger partial charge is 0.245 e. The number of aryl methyl sites for hydroxylation is 1. The summed E-state index contributed by atoms with van der Waals surface area (Å²) in [4.78, 5) is 0. The summed E-state index contributed by atoms with van der Waals surface area (Å²) in [5.74, 6) is 0. The van der Waals surface area contributed by atoms with Crippen LogP contribution in [0.1, 0.15) is 12.0 Å². The van der Waals surface area contributed by atoms with Gasteiger partial charge in [0.2, 0.25) is 12.0 Å². The Morgan fingerprint density at radius 3 is 2.62 bits per heavy atom. The molecule has 0 N–H and O–H groups in total. The van der Waals surface area contributed by atoms with Crippen LogP contribution in [0.3, 0.4) is 0 Å². The first-order chi connectivity index (χ1) is 5.88. The summed E-state index contributed by atoms with van der Waals surface area (Å²) in [5, 5.41) is 0. The summed E-state index contributed by atoms with van der Waals surface area (Å²) in [5.41, 5.74) is 1.06. The Labute approximate surface area is 94.7 Å². The number of aromatic nitrogens is 1. The average Bonchev–Trinajstić information content (AvgIpc) is 2.57. The van der Waals surface area contributed by atoms with E-state index in [2.05, 4.69) is 0 Å². The van der Waals surface area contributed by atoms with E-state index in [1.54, 1.807) is 0 Å².